The number of nitrogens with zero attached hydrogens (tertiary/aromatic N) is 1. The SMILES string of the molecule is CC(CO)CNC(C)c1ccc(N2CCC(O)CC2)cc1. The Kier molecular flexibility index (Phi) is 6.03. The third-order valence-electron chi connectivity index (χ3n) is 4.31. The third-order valence-corrected chi connectivity index (χ3v) is 4.31. The highest BCUT2D eigenvalue weighted by atomic mass is 16.3. The predicted octanol–water partition coefficient (Wildman–Crippen LogP) is 1.93. The topological polar surface area (TPSA) is 55.7 Å². The monoisotopic (exact) mass is 292 g/mol. The van der Waals surface area contributed by atoms with Crippen molar-refractivity contribution in [3.63, 3.8) is 0 Å². The number of aliphatic hydroxyl groups is 2. The largest absolute Gasteiger partial charge is 0.396 e. The van der Waals surface area contributed by atoms with Gasteiger partial charge in [-0.3, -0.25) is 0 Å². The molecule has 1 aliphatic heterocycles. The van der Waals surface area contributed by atoms with Gasteiger partial charge in [0, 0.05) is 38.0 Å². The first kappa shape index (κ1) is 16.3. The van der Waals surface area contributed by atoms with Gasteiger partial charge in [0.25, 0.3) is 0 Å². The molecule has 0 radical (unpaired) electrons. The summed E-state index contributed by atoms with van der Waals surface area (Å²) in [5, 5.41) is 22.1. The highest BCUT2D eigenvalue weighted by molar-refractivity contribution is 5.48. The molecule has 3 N–H and O–H groups in total. The van der Waals surface area contributed by atoms with Gasteiger partial charge in [-0.25, -0.2) is 0 Å². The van der Waals surface area contributed by atoms with Crippen LogP contribution in [0.1, 0.15) is 38.3 Å². The van der Waals surface area contributed by atoms with Gasteiger partial charge in [0.05, 0.1) is 6.10 Å². The Morgan fingerprint density at radius 2 is 1.81 bits per heavy atom. The Labute approximate surface area is 127 Å². The molecule has 0 amide bonds. The van der Waals surface area contributed by atoms with Gasteiger partial charge in [-0.1, -0.05) is 19.1 Å². The molecular weight excluding hydrogens is 264 g/mol. The number of nitrogens with one attached hydrogen (secondary N) is 1. The molecule has 0 aliphatic carbocycles. The number of hydrogen-bond donors (Lipinski definition) is 3. The van der Waals surface area contributed by atoms with E-state index in [2.05, 4.69) is 41.4 Å². The predicted molar refractivity (Wildman–Crippen MR) is 86.6 cm³/mol. The molecule has 21 heavy (non-hydrogen) atoms. The highest BCUT2D eigenvalue weighted by Gasteiger charge is 2.17. The van der Waals surface area contributed by atoms with Gasteiger partial charge in [0.2, 0.25) is 0 Å². The Morgan fingerprint density at radius 1 is 1.19 bits per heavy atom. The number of benzene rings is 1. The van der Waals surface area contributed by atoms with Gasteiger partial charge in [-0.15, -0.1) is 0 Å². The van der Waals surface area contributed by atoms with E-state index >= 15 is 0 Å². The molecule has 4 heteroatoms. The summed E-state index contributed by atoms with van der Waals surface area (Å²) >= 11 is 0. The quantitative estimate of drug-likeness (QED) is 0.750. The molecule has 1 aromatic carbocycles. The van der Waals surface area contributed by atoms with Crippen molar-refractivity contribution < 1.29 is 10.2 Å². The first-order valence-corrected chi connectivity index (χ1v) is 7.97. The van der Waals surface area contributed by atoms with E-state index in [1.807, 2.05) is 6.92 Å². The minimum absolute atomic E-state index is 0.127. The molecular formula is C17H28N2O2. The summed E-state index contributed by atoms with van der Waals surface area (Å²) in [6, 6.07) is 8.96. The first-order chi connectivity index (χ1) is 10.1. The van der Waals surface area contributed by atoms with Gasteiger partial charge in [-0.05, 0) is 43.4 Å². The normalized spacial score (nSPS) is 19.5. The van der Waals surface area contributed by atoms with Crippen LogP contribution in [0.3, 0.4) is 0 Å². The summed E-state index contributed by atoms with van der Waals surface area (Å²) in [5.74, 6) is 0.284. The van der Waals surface area contributed by atoms with Crippen LogP contribution in [0.2, 0.25) is 0 Å². The molecule has 118 valence electrons. The van der Waals surface area contributed by atoms with E-state index in [1.54, 1.807) is 0 Å². The lowest BCUT2D eigenvalue weighted by Crippen LogP contribution is -2.35. The average molecular weight is 292 g/mol. The van der Waals surface area contributed by atoms with Gasteiger partial charge >= 0.3 is 0 Å². The highest BCUT2D eigenvalue weighted by Crippen LogP contribution is 2.22. The van der Waals surface area contributed by atoms with Crippen molar-refractivity contribution in [1.82, 2.24) is 5.32 Å². The summed E-state index contributed by atoms with van der Waals surface area (Å²) in [6.07, 6.45) is 1.59. The molecule has 1 aliphatic rings. The van der Waals surface area contributed by atoms with Gasteiger partial charge in [0.15, 0.2) is 0 Å². The Bertz CT molecular complexity index is 413. The molecule has 2 rings (SSSR count). The van der Waals surface area contributed by atoms with E-state index in [-0.39, 0.29) is 24.7 Å². The second-order valence-electron chi connectivity index (χ2n) is 6.23. The maximum atomic E-state index is 9.56. The smallest absolute Gasteiger partial charge is 0.0574 e. The Morgan fingerprint density at radius 3 is 2.38 bits per heavy atom. The zero-order valence-corrected chi connectivity index (χ0v) is 13.1. The second kappa shape index (κ2) is 7.78. The zero-order chi connectivity index (χ0) is 15.2. The zero-order valence-electron chi connectivity index (χ0n) is 13.1. The maximum Gasteiger partial charge on any atom is 0.0574 e. The third kappa shape index (κ3) is 4.70. The minimum Gasteiger partial charge on any atom is -0.396 e. The van der Waals surface area contributed by atoms with Crippen LogP contribution < -0.4 is 10.2 Å². The molecule has 1 saturated heterocycles. The molecule has 1 fully saturated rings. The second-order valence-corrected chi connectivity index (χ2v) is 6.23. The molecule has 4 nitrogen and oxygen atoms in total. The summed E-state index contributed by atoms with van der Waals surface area (Å²) in [6.45, 7) is 7.09. The van der Waals surface area contributed by atoms with Crippen LogP contribution in [0.25, 0.3) is 0 Å². The lowest BCUT2D eigenvalue weighted by atomic mass is 10.0. The van der Waals surface area contributed by atoms with Crippen LogP contribution in [-0.4, -0.2) is 42.6 Å². The summed E-state index contributed by atoms with van der Waals surface area (Å²) in [7, 11) is 0. The van der Waals surface area contributed by atoms with E-state index < -0.39 is 0 Å². The number of aliphatic hydroxyl groups excluding tert-OH is 2. The molecule has 2 unspecified atom stereocenters. The standard InChI is InChI=1S/C17H28N2O2/c1-13(12-20)11-18-14(2)15-3-5-16(6-4-15)19-9-7-17(21)8-10-19/h3-6,13-14,17-18,20-21H,7-12H2,1-2H3. The number of anilines is 1. The van der Waals surface area contributed by atoms with Crippen LogP contribution in [0.5, 0.6) is 0 Å². The van der Waals surface area contributed by atoms with Crippen LogP contribution >= 0.6 is 0 Å². The Hall–Kier alpha value is -1.10. The number of hydrogen-bond acceptors (Lipinski definition) is 4. The lowest BCUT2D eigenvalue weighted by Gasteiger charge is -2.31. The van der Waals surface area contributed by atoms with Crippen molar-refractivity contribution in [2.24, 2.45) is 5.92 Å². The van der Waals surface area contributed by atoms with E-state index in [4.69, 9.17) is 5.11 Å². The van der Waals surface area contributed by atoms with Crippen molar-refractivity contribution in [1.29, 1.82) is 0 Å². The molecule has 0 aromatic heterocycles. The van der Waals surface area contributed by atoms with Crippen molar-refractivity contribution in [3.05, 3.63) is 29.8 Å². The Balaban J connectivity index is 1.89. The van der Waals surface area contributed by atoms with Gasteiger partial charge in [0.1, 0.15) is 0 Å². The maximum absolute atomic E-state index is 9.56. The molecule has 0 spiro atoms. The molecule has 0 saturated carbocycles. The fourth-order valence-corrected chi connectivity index (χ4v) is 2.66. The van der Waals surface area contributed by atoms with E-state index in [0.717, 1.165) is 32.5 Å². The van der Waals surface area contributed by atoms with Gasteiger partial charge < -0.3 is 20.4 Å². The van der Waals surface area contributed by atoms with Crippen LogP contribution in [0, 0.1) is 5.92 Å². The van der Waals surface area contributed by atoms with E-state index in [0.29, 0.717) is 0 Å². The van der Waals surface area contributed by atoms with E-state index in [9.17, 15) is 5.11 Å². The lowest BCUT2D eigenvalue weighted by molar-refractivity contribution is 0.145. The van der Waals surface area contributed by atoms with Crippen LogP contribution in [0.4, 0.5) is 5.69 Å². The fraction of sp³-hybridized carbons (Fsp3) is 0.647. The van der Waals surface area contributed by atoms with Crippen molar-refractivity contribution in [2.75, 3.05) is 31.1 Å². The number of piperidine rings is 1. The van der Waals surface area contributed by atoms with Crippen molar-refractivity contribution >= 4 is 5.69 Å². The van der Waals surface area contributed by atoms with E-state index in [1.165, 1.54) is 11.3 Å². The molecule has 1 aromatic rings. The molecule has 2 atom stereocenters. The number of rotatable bonds is 6. The van der Waals surface area contributed by atoms with Crippen molar-refractivity contribution in [2.45, 2.75) is 38.8 Å². The molecule has 0 bridgehead atoms. The van der Waals surface area contributed by atoms with Gasteiger partial charge in [-0.2, -0.15) is 0 Å². The van der Waals surface area contributed by atoms with Crippen LogP contribution in [0.15, 0.2) is 24.3 Å². The van der Waals surface area contributed by atoms with Crippen LogP contribution in [-0.2, 0) is 0 Å². The molecule has 1 heterocycles. The van der Waals surface area contributed by atoms with Crippen molar-refractivity contribution in [3.8, 4) is 0 Å². The first-order valence-electron chi connectivity index (χ1n) is 7.97. The summed E-state index contributed by atoms with van der Waals surface area (Å²) in [4.78, 5) is 2.34. The summed E-state index contributed by atoms with van der Waals surface area (Å²) in [5.41, 5.74) is 2.50. The fourth-order valence-electron chi connectivity index (χ4n) is 2.66. The minimum atomic E-state index is -0.127. The summed E-state index contributed by atoms with van der Waals surface area (Å²) < 4.78 is 0. The average Bonchev–Trinajstić information content (AvgIpc) is 2.53.